The van der Waals surface area contributed by atoms with Gasteiger partial charge >= 0.3 is 0 Å². The molecule has 0 aliphatic carbocycles. The second-order valence-electron chi connectivity index (χ2n) is 5.16. The molecule has 1 unspecified atom stereocenters. The predicted octanol–water partition coefficient (Wildman–Crippen LogP) is 3.10. The number of nitrogens with two attached hydrogens (primary N) is 1. The van der Waals surface area contributed by atoms with Gasteiger partial charge in [0.1, 0.15) is 17.3 Å². The molecule has 1 aliphatic rings. The largest absolute Gasteiger partial charge is 0.495 e. The van der Waals surface area contributed by atoms with Crippen LogP contribution in [0.4, 0.5) is 10.1 Å². The van der Waals surface area contributed by atoms with Crippen LogP contribution in [0, 0.1) is 5.82 Å². The van der Waals surface area contributed by atoms with E-state index in [0.29, 0.717) is 6.54 Å². The minimum atomic E-state index is -0.245. The molecular formula is C17H18FN3O. The summed E-state index contributed by atoms with van der Waals surface area (Å²) in [6, 6.07) is 14.2. The highest BCUT2D eigenvalue weighted by atomic mass is 19.1. The van der Waals surface area contributed by atoms with Gasteiger partial charge in [-0.3, -0.25) is 5.01 Å². The molecule has 0 saturated carbocycles. The molecule has 5 heteroatoms. The summed E-state index contributed by atoms with van der Waals surface area (Å²) in [4.78, 5) is 0. The van der Waals surface area contributed by atoms with Crippen LogP contribution in [0.1, 0.15) is 18.0 Å². The van der Waals surface area contributed by atoms with Crippen LogP contribution in [0.2, 0.25) is 0 Å². The lowest BCUT2D eigenvalue weighted by Crippen LogP contribution is -2.19. The number of rotatable bonds is 4. The van der Waals surface area contributed by atoms with Gasteiger partial charge in [-0.1, -0.05) is 24.3 Å². The Morgan fingerprint density at radius 3 is 2.64 bits per heavy atom. The highest BCUT2D eigenvalue weighted by Crippen LogP contribution is 2.39. The monoisotopic (exact) mass is 299 g/mol. The van der Waals surface area contributed by atoms with Crippen molar-refractivity contribution >= 4 is 11.4 Å². The highest BCUT2D eigenvalue weighted by molar-refractivity contribution is 5.90. The van der Waals surface area contributed by atoms with Gasteiger partial charge in [0.25, 0.3) is 0 Å². The summed E-state index contributed by atoms with van der Waals surface area (Å²) in [5.74, 6) is 0.502. The lowest BCUT2D eigenvalue weighted by molar-refractivity contribution is 0.413. The lowest BCUT2D eigenvalue weighted by Gasteiger charge is -2.25. The Bertz CT molecular complexity index is 685. The number of benzene rings is 2. The van der Waals surface area contributed by atoms with E-state index in [1.807, 2.05) is 29.3 Å². The van der Waals surface area contributed by atoms with Gasteiger partial charge in [-0.15, -0.1) is 0 Å². The topological polar surface area (TPSA) is 50.8 Å². The Morgan fingerprint density at radius 1 is 1.23 bits per heavy atom. The van der Waals surface area contributed by atoms with Crippen LogP contribution in [0.15, 0.2) is 53.6 Å². The fourth-order valence-electron chi connectivity index (χ4n) is 2.68. The van der Waals surface area contributed by atoms with Crippen molar-refractivity contribution in [3.63, 3.8) is 0 Å². The van der Waals surface area contributed by atoms with Crippen molar-refractivity contribution in [2.24, 2.45) is 10.8 Å². The molecular weight excluding hydrogens is 281 g/mol. The van der Waals surface area contributed by atoms with Crippen LogP contribution in [-0.2, 0) is 0 Å². The molecule has 0 radical (unpaired) electrons. The molecule has 0 saturated heterocycles. The van der Waals surface area contributed by atoms with Gasteiger partial charge in [-0.2, -0.15) is 5.10 Å². The summed E-state index contributed by atoms with van der Waals surface area (Å²) in [6.07, 6.45) is 0.722. The van der Waals surface area contributed by atoms with E-state index in [1.165, 1.54) is 12.1 Å². The zero-order valence-corrected chi connectivity index (χ0v) is 12.4. The molecule has 0 spiro atoms. The highest BCUT2D eigenvalue weighted by Gasteiger charge is 2.30. The third-order valence-electron chi connectivity index (χ3n) is 3.80. The average molecular weight is 299 g/mol. The molecule has 0 fully saturated rings. The number of methoxy groups -OCH3 is 1. The number of hydrogen-bond acceptors (Lipinski definition) is 4. The Labute approximate surface area is 129 Å². The van der Waals surface area contributed by atoms with Gasteiger partial charge in [0.15, 0.2) is 0 Å². The van der Waals surface area contributed by atoms with Crippen molar-refractivity contribution in [1.82, 2.24) is 0 Å². The molecule has 1 heterocycles. The zero-order chi connectivity index (χ0) is 15.5. The predicted molar refractivity (Wildman–Crippen MR) is 85.7 cm³/mol. The Balaban J connectivity index is 2.01. The summed E-state index contributed by atoms with van der Waals surface area (Å²) in [5.41, 5.74) is 8.55. The first-order chi connectivity index (χ1) is 10.7. The van der Waals surface area contributed by atoms with Crippen molar-refractivity contribution < 1.29 is 9.13 Å². The molecule has 2 N–H and O–H groups in total. The van der Waals surface area contributed by atoms with E-state index in [4.69, 9.17) is 10.5 Å². The van der Waals surface area contributed by atoms with Crippen LogP contribution in [0.25, 0.3) is 0 Å². The fourth-order valence-corrected chi connectivity index (χ4v) is 2.68. The van der Waals surface area contributed by atoms with Gasteiger partial charge in [-0.05, 0) is 29.8 Å². The smallest absolute Gasteiger partial charge is 0.144 e. The summed E-state index contributed by atoms with van der Waals surface area (Å²) < 4.78 is 18.6. The van der Waals surface area contributed by atoms with Gasteiger partial charge in [0, 0.05) is 13.0 Å². The third-order valence-corrected chi connectivity index (χ3v) is 3.80. The Kier molecular flexibility index (Phi) is 4.06. The van der Waals surface area contributed by atoms with Crippen LogP contribution in [0.5, 0.6) is 5.75 Å². The van der Waals surface area contributed by atoms with Gasteiger partial charge in [0.05, 0.1) is 18.9 Å². The van der Waals surface area contributed by atoms with Gasteiger partial charge in [-0.25, -0.2) is 4.39 Å². The molecule has 2 aromatic carbocycles. The summed E-state index contributed by atoms with van der Waals surface area (Å²) in [6.45, 7) is 0.406. The maximum atomic E-state index is 13.2. The number of nitrogens with zero attached hydrogens (tertiary/aromatic N) is 2. The zero-order valence-electron chi connectivity index (χ0n) is 12.4. The molecule has 0 amide bonds. The lowest BCUT2D eigenvalue weighted by atomic mass is 10.0. The van der Waals surface area contributed by atoms with E-state index >= 15 is 0 Å². The number of hydrogen-bond donors (Lipinski definition) is 1. The van der Waals surface area contributed by atoms with Crippen molar-refractivity contribution in [2.45, 2.75) is 12.5 Å². The van der Waals surface area contributed by atoms with E-state index in [-0.39, 0.29) is 11.9 Å². The molecule has 4 nitrogen and oxygen atoms in total. The average Bonchev–Trinajstić information content (AvgIpc) is 2.99. The molecule has 22 heavy (non-hydrogen) atoms. The quantitative estimate of drug-likeness (QED) is 0.944. The summed E-state index contributed by atoms with van der Waals surface area (Å²) in [7, 11) is 1.63. The number of halogens is 1. The molecule has 2 aromatic rings. The third kappa shape index (κ3) is 2.67. The van der Waals surface area contributed by atoms with Gasteiger partial charge in [0.2, 0.25) is 0 Å². The van der Waals surface area contributed by atoms with Crippen LogP contribution >= 0.6 is 0 Å². The minimum Gasteiger partial charge on any atom is -0.495 e. The molecule has 0 aromatic heterocycles. The number of para-hydroxylation sites is 2. The van der Waals surface area contributed by atoms with Crippen molar-refractivity contribution in [1.29, 1.82) is 0 Å². The summed E-state index contributed by atoms with van der Waals surface area (Å²) >= 11 is 0. The standard InChI is InChI=1S/C17H18FN3O/c1-22-17-5-3-2-4-15(17)21-16(10-14(11-19)20-21)12-6-8-13(18)9-7-12/h2-9,16H,10-11,19H2,1H3. The first kappa shape index (κ1) is 14.5. The SMILES string of the molecule is COc1ccccc1N1N=C(CN)CC1c1ccc(F)cc1. The second-order valence-corrected chi connectivity index (χ2v) is 5.16. The van der Waals surface area contributed by atoms with Crippen molar-refractivity contribution in [3.05, 3.63) is 59.9 Å². The van der Waals surface area contributed by atoms with Crippen LogP contribution < -0.4 is 15.5 Å². The van der Waals surface area contributed by atoms with E-state index in [1.54, 1.807) is 19.2 Å². The first-order valence-corrected chi connectivity index (χ1v) is 7.17. The van der Waals surface area contributed by atoms with Crippen LogP contribution in [-0.4, -0.2) is 19.4 Å². The van der Waals surface area contributed by atoms with E-state index in [9.17, 15) is 4.39 Å². The molecule has 1 atom stereocenters. The van der Waals surface area contributed by atoms with E-state index in [2.05, 4.69) is 5.10 Å². The first-order valence-electron chi connectivity index (χ1n) is 7.17. The van der Waals surface area contributed by atoms with Gasteiger partial charge < -0.3 is 10.5 Å². The number of ether oxygens (including phenoxy) is 1. The maximum Gasteiger partial charge on any atom is 0.144 e. The Hall–Kier alpha value is -2.40. The maximum absolute atomic E-state index is 13.2. The second kappa shape index (κ2) is 6.15. The molecule has 0 bridgehead atoms. The minimum absolute atomic E-state index is 0.00421. The summed E-state index contributed by atoms with van der Waals surface area (Å²) in [5, 5.41) is 6.53. The molecule has 3 rings (SSSR count). The molecule has 1 aliphatic heterocycles. The van der Waals surface area contributed by atoms with Crippen LogP contribution in [0.3, 0.4) is 0 Å². The van der Waals surface area contributed by atoms with E-state index < -0.39 is 0 Å². The number of anilines is 1. The number of hydrazone groups is 1. The van der Waals surface area contributed by atoms with E-state index in [0.717, 1.165) is 29.1 Å². The normalized spacial score (nSPS) is 17.5. The molecule has 114 valence electrons. The fraction of sp³-hybridized carbons (Fsp3) is 0.235. The Morgan fingerprint density at radius 2 is 1.95 bits per heavy atom. The van der Waals surface area contributed by atoms with Crippen molar-refractivity contribution in [2.75, 3.05) is 18.7 Å². The van der Waals surface area contributed by atoms with Crippen molar-refractivity contribution in [3.8, 4) is 5.75 Å².